The van der Waals surface area contributed by atoms with E-state index >= 15 is 0 Å². The van der Waals surface area contributed by atoms with Crippen molar-refractivity contribution in [2.45, 2.75) is 12.8 Å². The van der Waals surface area contributed by atoms with E-state index in [4.69, 9.17) is 5.73 Å². The average molecular weight is 330 g/mol. The van der Waals surface area contributed by atoms with Crippen molar-refractivity contribution in [1.29, 1.82) is 0 Å². The molecule has 2 heterocycles. The van der Waals surface area contributed by atoms with Crippen LogP contribution < -0.4 is 16.0 Å². The van der Waals surface area contributed by atoms with Crippen molar-refractivity contribution in [2.24, 2.45) is 5.73 Å². The first-order valence-electron chi connectivity index (χ1n) is 8.13. The number of nitrogens with two attached hydrogens (primary N) is 1. The molecule has 2 aromatic rings. The Hall–Kier alpha value is -2.61. The third-order valence-corrected chi connectivity index (χ3v) is 4.18. The molecule has 8 heteroatoms. The SMILES string of the molecule is NC(=O)NC(=O)CCN1CCCN(c2nc3ccccc3[nH]2)CC1. The maximum Gasteiger partial charge on any atom is 0.318 e. The summed E-state index contributed by atoms with van der Waals surface area (Å²) in [6.45, 7) is 4.15. The van der Waals surface area contributed by atoms with Crippen LogP contribution >= 0.6 is 0 Å². The minimum atomic E-state index is -0.799. The predicted molar refractivity (Wildman–Crippen MR) is 91.7 cm³/mol. The van der Waals surface area contributed by atoms with Gasteiger partial charge in [-0.1, -0.05) is 12.1 Å². The summed E-state index contributed by atoms with van der Waals surface area (Å²) in [7, 11) is 0. The second kappa shape index (κ2) is 7.31. The highest BCUT2D eigenvalue weighted by atomic mass is 16.2. The van der Waals surface area contributed by atoms with Crippen LogP contribution in [0, 0.1) is 0 Å². The third kappa shape index (κ3) is 4.02. The zero-order valence-corrected chi connectivity index (χ0v) is 13.5. The van der Waals surface area contributed by atoms with Crippen LogP contribution in [0.3, 0.4) is 0 Å². The number of nitrogens with zero attached hydrogens (tertiary/aromatic N) is 3. The van der Waals surface area contributed by atoms with Gasteiger partial charge in [-0.2, -0.15) is 0 Å². The molecular formula is C16H22N6O2. The minimum absolute atomic E-state index is 0.271. The molecule has 24 heavy (non-hydrogen) atoms. The number of imidazole rings is 1. The van der Waals surface area contributed by atoms with Gasteiger partial charge < -0.3 is 20.5 Å². The minimum Gasteiger partial charge on any atom is -0.351 e. The van der Waals surface area contributed by atoms with E-state index in [9.17, 15) is 9.59 Å². The number of hydrogen-bond acceptors (Lipinski definition) is 5. The van der Waals surface area contributed by atoms with Gasteiger partial charge >= 0.3 is 6.03 Å². The highest BCUT2D eigenvalue weighted by Gasteiger charge is 2.18. The first kappa shape index (κ1) is 16.3. The Morgan fingerprint density at radius 2 is 2.04 bits per heavy atom. The molecule has 1 aliphatic heterocycles. The highest BCUT2D eigenvalue weighted by molar-refractivity contribution is 5.93. The van der Waals surface area contributed by atoms with Gasteiger partial charge in [-0.25, -0.2) is 9.78 Å². The molecule has 3 rings (SSSR count). The molecule has 0 unspecified atom stereocenters. The normalized spacial score (nSPS) is 16.1. The molecule has 8 nitrogen and oxygen atoms in total. The van der Waals surface area contributed by atoms with Crippen LogP contribution in [0.1, 0.15) is 12.8 Å². The number of urea groups is 1. The Morgan fingerprint density at radius 3 is 2.83 bits per heavy atom. The number of amides is 3. The molecule has 0 aliphatic carbocycles. The van der Waals surface area contributed by atoms with Gasteiger partial charge in [0.1, 0.15) is 0 Å². The van der Waals surface area contributed by atoms with Gasteiger partial charge in [-0.05, 0) is 25.1 Å². The number of rotatable bonds is 4. The molecule has 4 N–H and O–H groups in total. The van der Waals surface area contributed by atoms with Gasteiger partial charge in [0, 0.05) is 32.6 Å². The number of para-hydroxylation sites is 2. The van der Waals surface area contributed by atoms with Crippen molar-refractivity contribution in [3.05, 3.63) is 24.3 Å². The number of hydrogen-bond donors (Lipinski definition) is 3. The van der Waals surface area contributed by atoms with Crippen molar-refractivity contribution in [3.63, 3.8) is 0 Å². The Labute approximate surface area is 140 Å². The molecule has 1 aromatic heterocycles. The summed E-state index contributed by atoms with van der Waals surface area (Å²) in [5.41, 5.74) is 6.95. The lowest BCUT2D eigenvalue weighted by molar-refractivity contribution is -0.120. The fourth-order valence-electron chi connectivity index (χ4n) is 2.95. The van der Waals surface area contributed by atoms with E-state index in [-0.39, 0.29) is 12.3 Å². The number of primary amides is 1. The summed E-state index contributed by atoms with van der Waals surface area (Å²) in [5.74, 6) is 0.561. The Balaban J connectivity index is 1.55. The number of aromatic amines is 1. The third-order valence-electron chi connectivity index (χ3n) is 4.18. The highest BCUT2D eigenvalue weighted by Crippen LogP contribution is 2.18. The topological polar surface area (TPSA) is 107 Å². The van der Waals surface area contributed by atoms with Gasteiger partial charge in [0.05, 0.1) is 11.0 Å². The molecule has 0 radical (unpaired) electrons. The van der Waals surface area contributed by atoms with E-state index < -0.39 is 6.03 Å². The number of carbonyl (C=O) groups excluding carboxylic acids is 2. The second-order valence-corrected chi connectivity index (χ2v) is 5.92. The summed E-state index contributed by atoms with van der Waals surface area (Å²) in [4.78, 5) is 34.6. The summed E-state index contributed by atoms with van der Waals surface area (Å²) in [5, 5.41) is 2.10. The molecule has 128 valence electrons. The number of H-pyrrole nitrogens is 1. The summed E-state index contributed by atoms with van der Waals surface area (Å²) < 4.78 is 0. The van der Waals surface area contributed by atoms with Crippen molar-refractivity contribution in [2.75, 3.05) is 37.6 Å². The van der Waals surface area contributed by atoms with Gasteiger partial charge in [0.15, 0.2) is 0 Å². The lowest BCUT2D eigenvalue weighted by atomic mass is 10.3. The number of nitrogens with one attached hydrogen (secondary N) is 2. The molecular weight excluding hydrogens is 308 g/mol. The summed E-state index contributed by atoms with van der Waals surface area (Å²) >= 11 is 0. The number of benzene rings is 1. The maximum atomic E-state index is 11.5. The summed E-state index contributed by atoms with van der Waals surface area (Å²) in [6, 6.07) is 7.19. The maximum absolute atomic E-state index is 11.5. The molecule has 0 bridgehead atoms. The average Bonchev–Trinajstić information content (AvgIpc) is 2.83. The molecule has 0 atom stereocenters. The lowest BCUT2D eigenvalue weighted by Gasteiger charge is -2.21. The molecule has 3 amide bonds. The van der Waals surface area contributed by atoms with Gasteiger partial charge in [-0.3, -0.25) is 10.1 Å². The standard InChI is InChI=1S/C16H22N6O2/c17-15(24)20-14(23)6-9-21-7-3-8-22(11-10-21)16-18-12-4-1-2-5-13(12)19-16/h1-2,4-5H,3,6-11H2,(H,18,19)(H3,17,20,23,24). The van der Waals surface area contributed by atoms with Crippen LogP contribution in [0.2, 0.25) is 0 Å². The number of aromatic nitrogens is 2. The number of imide groups is 1. The molecule has 0 saturated carbocycles. The quantitative estimate of drug-likeness (QED) is 0.763. The van der Waals surface area contributed by atoms with E-state index in [1.807, 2.05) is 24.3 Å². The smallest absolute Gasteiger partial charge is 0.318 e. The van der Waals surface area contributed by atoms with Crippen LogP contribution in [0.4, 0.5) is 10.7 Å². The van der Waals surface area contributed by atoms with E-state index in [1.165, 1.54) is 0 Å². The van der Waals surface area contributed by atoms with E-state index in [2.05, 4.69) is 25.1 Å². The van der Waals surface area contributed by atoms with Crippen LogP contribution in [0.25, 0.3) is 11.0 Å². The van der Waals surface area contributed by atoms with Crippen molar-refractivity contribution in [3.8, 4) is 0 Å². The van der Waals surface area contributed by atoms with Crippen molar-refractivity contribution >= 4 is 28.9 Å². The Morgan fingerprint density at radius 1 is 1.21 bits per heavy atom. The Bertz CT molecular complexity index is 695. The largest absolute Gasteiger partial charge is 0.351 e. The Kier molecular flexibility index (Phi) is 4.95. The number of anilines is 1. The predicted octanol–water partition coefficient (Wildman–Crippen LogP) is 0.660. The zero-order chi connectivity index (χ0) is 16.9. The van der Waals surface area contributed by atoms with E-state index in [0.717, 1.165) is 49.6 Å². The fraction of sp³-hybridized carbons (Fsp3) is 0.438. The molecule has 0 spiro atoms. The van der Waals surface area contributed by atoms with Gasteiger partial charge in [0.25, 0.3) is 0 Å². The lowest BCUT2D eigenvalue weighted by Crippen LogP contribution is -2.38. The molecule has 1 fully saturated rings. The molecule has 1 aromatic carbocycles. The number of fused-ring (bicyclic) bond motifs is 1. The first-order chi connectivity index (χ1) is 11.6. The molecule has 1 aliphatic rings. The summed E-state index contributed by atoms with van der Waals surface area (Å²) in [6.07, 6.45) is 1.27. The zero-order valence-electron chi connectivity index (χ0n) is 13.5. The van der Waals surface area contributed by atoms with Crippen LogP contribution in [0.5, 0.6) is 0 Å². The molecule has 1 saturated heterocycles. The second-order valence-electron chi connectivity index (χ2n) is 5.92. The monoisotopic (exact) mass is 330 g/mol. The van der Waals surface area contributed by atoms with E-state index in [1.54, 1.807) is 0 Å². The van der Waals surface area contributed by atoms with Crippen molar-refractivity contribution < 1.29 is 9.59 Å². The first-order valence-corrected chi connectivity index (χ1v) is 8.13. The van der Waals surface area contributed by atoms with Crippen LogP contribution in [-0.4, -0.2) is 59.5 Å². The number of carbonyl (C=O) groups is 2. The van der Waals surface area contributed by atoms with Crippen LogP contribution in [-0.2, 0) is 4.79 Å². The van der Waals surface area contributed by atoms with Crippen molar-refractivity contribution in [1.82, 2.24) is 20.2 Å². The van der Waals surface area contributed by atoms with E-state index in [0.29, 0.717) is 6.54 Å². The fourth-order valence-corrected chi connectivity index (χ4v) is 2.95. The van der Waals surface area contributed by atoms with Gasteiger partial charge in [0.2, 0.25) is 11.9 Å². The van der Waals surface area contributed by atoms with Crippen LogP contribution in [0.15, 0.2) is 24.3 Å². The van der Waals surface area contributed by atoms with Gasteiger partial charge in [-0.15, -0.1) is 0 Å².